The third-order valence-electron chi connectivity index (χ3n) is 3.74. The number of hydrogen-bond donors (Lipinski definition) is 2. The molecule has 0 saturated carbocycles. The van der Waals surface area contributed by atoms with E-state index in [9.17, 15) is 24.6 Å². The fourth-order valence-electron chi connectivity index (χ4n) is 2.53. The molecule has 0 spiro atoms. The number of hydrogen-bond acceptors (Lipinski definition) is 9. The summed E-state index contributed by atoms with van der Waals surface area (Å²) in [5.41, 5.74) is 0. The summed E-state index contributed by atoms with van der Waals surface area (Å²) in [5.74, 6) is -3.34. The number of nitrogens with one attached hydrogen (secondary N) is 1. The van der Waals surface area contributed by atoms with Crippen molar-refractivity contribution in [1.29, 1.82) is 0 Å². The van der Waals surface area contributed by atoms with Crippen LogP contribution in [-0.4, -0.2) is 147 Å². The van der Waals surface area contributed by atoms with Crippen molar-refractivity contribution in [3.63, 3.8) is 0 Å². The predicted octanol–water partition coefficient (Wildman–Crippen LogP) is -5.30. The predicted molar refractivity (Wildman–Crippen MR) is 85.6 cm³/mol. The molecule has 0 radical (unpaired) electrons. The first-order chi connectivity index (χ1) is 11.4. The van der Waals surface area contributed by atoms with Crippen LogP contribution < -0.4 is 15.5 Å². The van der Waals surface area contributed by atoms with Gasteiger partial charge in [0, 0.05) is 65.4 Å². The molecular formula is C14H24CaN4O6. The van der Waals surface area contributed by atoms with E-state index in [1.165, 1.54) is 0 Å². The van der Waals surface area contributed by atoms with Gasteiger partial charge in [-0.25, -0.2) is 0 Å². The molecule has 1 heterocycles. The second-order valence-electron chi connectivity index (χ2n) is 5.72. The van der Waals surface area contributed by atoms with Gasteiger partial charge in [0.2, 0.25) is 0 Å². The number of aliphatic carboxylic acids is 3. The molecule has 1 aliphatic rings. The zero-order valence-corrected chi connectivity index (χ0v) is 16.5. The zero-order chi connectivity index (χ0) is 17.9. The van der Waals surface area contributed by atoms with E-state index in [-0.39, 0.29) is 57.4 Å². The van der Waals surface area contributed by atoms with Crippen molar-refractivity contribution in [1.82, 2.24) is 20.0 Å². The molecule has 1 fully saturated rings. The fourth-order valence-corrected chi connectivity index (χ4v) is 2.53. The summed E-state index contributed by atoms with van der Waals surface area (Å²) < 4.78 is 0. The van der Waals surface area contributed by atoms with Gasteiger partial charge in [0.25, 0.3) is 0 Å². The van der Waals surface area contributed by atoms with Gasteiger partial charge in [0.1, 0.15) is 0 Å². The summed E-state index contributed by atoms with van der Waals surface area (Å²) in [6, 6.07) is 0. The minimum atomic E-state index is -1.22. The molecule has 0 aromatic carbocycles. The summed E-state index contributed by atoms with van der Waals surface area (Å²) in [4.78, 5) is 37.6. The number of nitrogens with zero attached hydrogens (tertiary/aromatic N) is 3. The molecule has 1 saturated heterocycles. The molecule has 10 nitrogen and oxygen atoms in total. The minimum absolute atomic E-state index is 0. The van der Waals surface area contributed by atoms with Gasteiger partial charge in [-0.3, -0.25) is 19.5 Å². The molecule has 0 amide bonds. The molecule has 0 atom stereocenters. The largest absolute Gasteiger partial charge is 2.00 e. The van der Waals surface area contributed by atoms with Crippen LogP contribution in [0.2, 0.25) is 0 Å². The number of carbonyl (C=O) groups excluding carboxylic acids is 2. The Hall–Kier alpha value is -0.490. The van der Waals surface area contributed by atoms with Gasteiger partial charge in [-0.2, -0.15) is 0 Å². The average molecular weight is 384 g/mol. The maximum Gasteiger partial charge on any atom is 2.00 e. The average Bonchev–Trinajstić information content (AvgIpc) is 2.45. The van der Waals surface area contributed by atoms with E-state index in [0.717, 1.165) is 0 Å². The third-order valence-corrected chi connectivity index (χ3v) is 3.74. The molecule has 0 aliphatic carbocycles. The quantitative estimate of drug-likeness (QED) is 0.427. The summed E-state index contributed by atoms with van der Waals surface area (Å²) in [7, 11) is 0. The molecule has 2 N–H and O–H groups in total. The van der Waals surface area contributed by atoms with Gasteiger partial charge < -0.3 is 30.2 Å². The standard InChI is InChI=1S/C14H26N4O6.Ca/c19-12(20)9-16-3-1-15-2-4-17(10-13(21)22)6-8-18(7-5-16)11-14(23)24;/h15H,1-11H2,(H,19,20)(H,21,22)(H,23,24);/q;+2/p-2. The van der Waals surface area contributed by atoms with Gasteiger partial charge >= 0.3 is 43.7 Å². The Morgan fingerprint density at radius 1 is 0.760 bits per heavy atom. The van der Waals surface area contributed by atoms with Crippen LogP contribution in [0.4, 0.5) is 0 Å². The van der Waals surface area contributed by atoms with Crippen LogP contribution in [0.1, 0.15) is 0 Å². The Kier molecular flexibility index (Phi) is 13.4. The van der Waals surface area contributed by atoms with Crippen molar-refractivity contribution >= 4 is 55.6 Å². The number of carbonyl (C=O) groups is 3. The van der Waals surface area contributed by atoms with Gasteiger partial charge in [0.15, 0.2) is 0 Å². The number of carboxylic acids is 3. The molecule has 0 bridgehead atoms. The summed E-state index contributed by atoms with van der Waals surface area (Å²) in [6.45, 7) is 2.98. The molecular weight excluding hydrogens is 360 g/mol. The molecule has 1 aliphatic heterocycles. The molecule has 138 valence electrons. The number of carboxylic acid groups (broad SMARTS) is 3. The van der Waals surface area contributed by atoms with E-state index in [2.05, 4.69) is 5.32 Å². The van der Waals surface area contributed by atoms with E-state index >= 15 is 0 Å². The number of rotatable bonds is 6. The van der Waals surface area contributed by atoms with E-state index in [0.29, 0.717) is 52.4 Å². The fraction of sp³-hybridized carbons (Fsp3) is 0.786. The second kappa shape index (κ2) is 13.7. The van der Waals surface area contributed by atoms with E-state index in [4.69, 9.17) is 5.11 Å². The minimum Gasteiger partial charge on any atom is -0.549 e. The Morgan fingerprint density at radius 3 is 1.48 bits per heavy atom. The van der Waals surface area contributed by atoms with Gasteiger partial charge in [-0.05, 0) is 0 Å². The van der Waals surface area contributed by atoms with Gasteiger partial charge in [0.05, 0.1) is 18.5 Å². The summed E-state index contributed by atoms with van der Waals surface area (Å²) >= 11 is 0. The Labute approximate surface area is 176 Å². The third kappa shape index (κ3) is 12.5. The Balaban J connectivity index is 0.00000576. The Bertz CT molecular complexity index is 410. The smallest absolute Gasteiger partial charge is 0.549 e. The van der Waals surface area contributed by atoms with Crippen LogP contribution in [0.25, 0.3) is 0 Å². The first kappa shape index (κ1) is 24.5. The van der Waals surface area contributed by atoms with Crippen molar-refractivity contribution in [2.45, 2.75) is 0 Å². The normalized spacial score (nSPS) is 19.2. The summed E-state index contributed by atoms with van der Waals surface area (Å²) in [6.07, 6.45) is 0. The van der Waals surface area contributed by atoms with Crippen LogP contribution in [0, 0.1) is 0 Å². The van der Waals surface area contributed by atoms with Crippen molar-refractivity contribution < 1.29 is 29.7 Å². The first-order valence-electron chi connectivity index (χ1n) is 7.86. The van der Waals surface area contributed by atoms with Crippen LogP contribution >= 0.6 is 0 Å². The van der Waals surface area contributed by atoms with Crippen molar-refractivity contribution in [3.05, 3.63) is 0 Å². The first-order valence-corrected chi connectivity index (χ1v) is 7.86. The molecule has 0 aromatic heterocycles. The maximum absolute atomic E-state index is 10.9. The van der Waals surface area contributed by atoms with E-state index < -0.39 is 17.9 Å². The van der Waals surface area contributed by atoms with E-state index in [1.807, 2.05) is 0 Å². The monoisotopic (exact) mass is 384 g/mol. The molecule has 11 heteroatoms. The van der Waals surface area contributed by atoms with Gasteiger partial charge in [-0.15, -0.1) is 0 Å². The van der Waals surface area contributed by atoms with Crippen LogP contribution in [0.15, 0.2) is 0 Å². The maximum atomic E-state index is 10.9. The van der Waals surface area contributed by atoms with Gasteiger partial charge in [-0.1, -0.05) is 0 Å². The van der Waals surface area contributed by atoms with Crippen LogP contribution in [0.3, 0.4) is 0 Å². The van der Waals surface area contributed by atoms with Crippen molar-refractivity contribution in [2.24, 2.45) is 0 Å². The second-order valence-corrected chi connectivity index (χ2v) is 5.72. The van der Waals surface area contributed by atoms with Crippen molar-refractivity contribution in [2.75, 3.05) is 72.0 Å². The Morgan fingerprint density at radius 2 is 1.12 bits per heavy atom. The molecule has 0 aromatic rings. The zero-order valence-electron chi connectivity index (χ0n) is 14.3. The van der Waals surface area contributed by atoms with Crippen LogP contribution in [-0.2, 0) is 14.4 Å². The van der Waals surface area contributed by atoms with E-state index in [1.54, 1.807) is 14.7 Å². The molecule has 0 unspecified atom stereocenters. The molecule has 1 rings (SSSR count). The SMILES string of the molecule is O=C([O-])CN1CCNCCN(CC(=O)O)CCN(CC(=O)[O-])CC1.[Ca+2]. The topological polar surface area (TPSA) is 139 Å². The van der Waals surface area contributed by atoms with Crippen molar-refractivity contribution in [3.8, 4) is 0 Å². The summed E-state index contributed by atoms with van der Waals surface area (Å²) in [5, 5.41) is 33.7. The molecule has 25 heavy (non-hydrogen) atoms. The van der Waals surface area contributed by atoms with Crippen LogP contribution in [0.5, 0.6) is 0 Å².